The van der Waals surface area contributed by atoms with Crippen molar-refractivity contribution in [2.75, 3.05) is 19.4 Å². The minimum absolute atomic E-state index is 0.0892. The molecule has 1 amide bonds. The van der Waals surface area contributed by atoms with Gasteiger partial charge in [-0.05, 0) is 37.4 Å². The second-order valence-corrected chi connectivity index (χ2v) is 7.51. The molecule has 158 valence electrons. The van der Waals surface area contributed by atoms with E-state index in [1.807, 2.05) is 38.5 Å². The van der Waals surface area contributed by atoms with Crippen molar-refractivity contribution < 1.29 is 13.6 Å². The van der Waals surface area contributed by atoms with Crippen LogP contribution in [0.25, 0.3) is 16.9 Å². The molecule has 0 bridgehead atoms. The zero-order valence-corrected chi connectivity index (χ0v) is 17.1. The van der Waals surface area contributed by atoms with Crippen LogP contribution in [0.3, 0.4) is 0 Å². The van der Waals surface area contributed by atoms with Gasteiger partial charge < -0.3 is 10.2 Å². The Morgan fingerprint density at radius 3 is 2.65 bits per heavy atom. The molecule has 0 saturated carbocycles. The Labute approximate surface area is 178 Å². The van der Waals surface area contributed by atoms with Gasteiger partial charge in [0.15, 0.2) is 17.3 Å². The van der Waals surface area contributed by atoms with Crippen LogP contribution in [-0.4, -0.2) is 39.3 Å². The molecule has 0 spiro atoms. The molecule has 0 unspecified atom stereocenters. The SMILES string of the molecule is CN(C)Cc1ccccc1-c1cn2c(NC(=O)Cc3ccc(F)c(F)c3)cnc2cn1. The molecular weight excluding hydrogens is 400 g/mol. The molecule has 2 aromatic heterocycles. The lowest BCUT2D eigenvalue weighted by molar-refractivity contribution is -0.115. The average Bonchev–Trinajstić information content (AvgIpc) is 3.12. The van der Waals surface area contributed by atoms with E-state index in [2.05, 4.69) is 26.3 Å². The third-order valence-corrected chi connectivity index (χ3v) is 4.79. The van der Waals surface area contributed by atoms with E-state index in [0.29, 0.717) is 17.0 Å². The summed E-state index contributed by atoms with van der Waals surface area (Å²) < 4.78 is 28.2. The molecule has 6 nitrogen and oxygen atoms in total. The number of nitrogens with one attached hydrogen (secondary N) is 1. The number of rotatable bonds is 6. The van der Waals surface area contributed by atoms with Gasteiger partial charge in [0.2, 0.25) is 5.91 Å². The fourth-order valence-corrected chi connectivity index (χ4v) is 3.39. The molecule has 4 rings (SSSR count). The highest BCUT2D eigenvalue weighted by Crippen LogP contribution is 2.24. The number of hydrogen-bond acceptors (Lipinski definition) is 4. The highest BCUT2D eigenvalue weighted by atomic mass is 19.2. The Morgan fingerprint density at radius 2 is 1.87 bits per heavy atom. The summed E-state index contributed by atoms with van der Waals surface area (Å²) in [4.78, 5) is 23.4. The van der Waals surface area contributed by atoms with Gasteiger partial charge in [0.05, 0.1) is 24.5 Å². The van der Waals surface area contributed by atoms with E-state index in [4.69, 9.17) is 0 Å². The molecular formula is C23H21F2N5O. The lowest BCUT2D eigenvalue weighted by Crippen LogP contribution is -2.16. The summed E-state index contributed by atoms with van der Waals surface area (Å²) in [6.07, 6.45) is 4.92. The lowest BCUT2D eigenvalue weighted by Gasteiger charge is -2.14. The van der Waals surface area contributed by atoms with E-state index in [1.165, 1.54) is 12.3 Å². The molecule has 0 aliphatic carbocycles. The zero-order valence-electron chi connectivity index (χ0n) is 17.1. The minimum Gasteiger partial charge on any atom is -0.310 e. The molecule has 0 atom stereocenters. The maximum atomic E-state index is 13.4. The highest BCUT2D eigenvalue weighted by Gasteiger charge is 2.13. The molecule has 0 fully saturated rings. The third-order valence-electron chi connectivity index (χ3n) is 4.79. The van der Waals surface area contributed by atoms with Gasteiger partial charge in [-0.1, -0.05) is 30.3 Å². The predicted molar refractivity (Wildman–Crippen MR) is 115 cm³/mol. The third kappa shape index (κ3) is 4.59. The van der Waals surface area contributed by atoms with Crippen molar-refractivity contribution in [1.82, 2.24) is 19.3 Å². The van der Waals surface area contributed by atoms with Crippen LogP contribution in [0.5, 0.6) is 0 Å². The molecule has 0 saturated heterocycles. The van der Waals surface area contributed by atoms with Crippen LogP contribution < -0.4 is 5.32 Å². The Kier molecular flexibility index (Phi) is 5.73. The molecule has 0 aliphatic rings. The second kappa shape index (κ2) is 8.61. The van der Waals surface area contributed by atoms with Crippen molar-refractivity contribution in [1.29, 1.82) is 0 Å². The van der Waals surface area contributed by atoms with E-state index in [9.17, 15) is 13.6 Å². The van der Waals surface area contributed by atoms with E-state index in [0.717, 1.165) is 35.5 Å². The number of carbonyl (C=O) groups is 1. The van der Waals surface area contributed by atoms with Crippen LogP contribution in [-0.2, 0) is 17.8 Å². The van der Waals surface area contributed by atoms with Crippen LogP contribution >= 0.6 is 0 Å². The number of nitrogens with zero attached hydrogens (tertiary/aromatic N) is 4. The van der Waals surface area contributed by atoms with Crippen molar-refractivity contribution >= 4 is 17.4 Å². The van der Waals surface area contributed by atoms with Crippen LogP contribution in [0.2, 0.25) is 0 Å². The van der Waals surface area contributed by atoms with Gasteiger partial charge in [-0.3, -0.25) is 14.2 Å². The topological polar surface area (TPSA) is 62.5 Å². The van der Waals surface area contributed by atoms with E-state index in [-0.39, 0.29) is 12.3 Å². The number of carbonyl (C=O) groups excluding carboxylic acids is 1. The summed E-state index contributed by atoms with van der Waals surface area (Å²) in [6.45, 7) is 0.762. The fourth-order valence-electron chi connectivity index (χ4n) is 3.39. The summed E-state index contributed by atoms with van der Waals surface area (Å²) in [5, 5.41) is 2.78. The normalized spacial score (nSPS) is 11.3. The second-order valence-electron chi connectivity index (χ2n) is 7.51. The van der Waals surface area contributed by atoms with Gasteiger partial charge in [-0.15, -0.1) is 0 Å². The van der Waals surface area contributed by atoms with Crippen LogP contribution in [0.15, 0.2) is 61.1 Å². The summed E-state index contributed by atoms with van der Waals surface area (Å²) in [6, 6.07) is 11.4. The highest BCUT2D eigenvalue weighted by molar-refractivity contribution is 5.91. The van der Waals surface area contributed by atoms with Gasteiger partial charge in [-0.2, -0.15) is 0 Å². The molecule has 8 heteroatoms. The number of amides is 1. The number of anilines is 1. The fraction of sp³-hybridized carbons (Fsp3) is 0.174. The first-order valence-corrected chi connectivity index (χ1v) is 9.70. The maximum Gasteiger partial charge on any atom is 0.229 e. The van der Waals surface area contributed by atoms with E-state index >= 15 is 0 Å². The molecule has 2 aromatic carbocycles. The average molecular weight is 421 g/mol. The Bertz CT molecular complexity index is 1250. The molecule has 0 aliphatic heterocycles. The first kappa shape index (κ1) is 20.6. The van der Waals surface area contributed by atoms with Gasteiger partial charge in [0.1, 0.15) is 5.82 Å². The number of aromatic nitrogens is 3. The first-order valence-electron chi connectivity index (χ1n) is 9.70. The monoisotopic (exact) mass is 421 g/mol. The Balaban J connectivity index is 1.60. The summed E-state index contributed by atoms with van der Waals surface area (Å²) in [5.41, 5.74) is 3.83. The largest absolute Gasteiger partial charge is 0.310 e. The van der Waals surface area contributed by atoms with Gasteiger partial charge in [0.25, 0.3) is 0 Å². The number of benzene rings is 2. The molecule has 0 radical (unpaired) electrons. The number of halogens is 2. The van der Waals surface area contributed by atoms with Gasteiger partial charge in [0, 0.05) is 18.3 Å². The van der Waals surface area contributed by atoms with Crippen LogP contribution in [0.1, 0.15) is 11.1 Å². The first-order chi connectivity index (χ1) is 14.9. The number of imidazole rings is 1. The standard InChI is InChI=1S/C23H21F2N5O/c1-29(2)13-16-5-3-4-6-17(16)20-14-30-21(11-26-20)27-12-22(30)28-23(31)10-15-7-8-18(24)19(25)9-15/h3-9,11-12,14H,10,13H2,1-2H3,(H,28,31). The quantitative estimate of drug-likeness (QED) is 0.513. The molecule has 1 N–H and O–H groups in total. The van der Waals surface area contributed by atoms with Crippen molar-refractivity contribution in [3.8, 4) is 11.3 Å². The predicted octanol–water partition coefficient (Wildman–Crippen LogP) is 3.92. The number of fused-ring (bicyclic) bond motifs is 1. The van der Waals surface area contributed by atoms with Crippen molar-refractivity contribution in [2.45, 2.75) is 13.0 Å². The maximum absolute atomic E-state index is 13.4. The smallest absolute Gasteiger partial charge is 0.229 e. The lowest BCUT2D eigenvalue weighted by atomic mass is 10.0. The van der Waals surface area contributed by atoms with Crippen LogP contribution in [0, 0.1) is 11.6 Å². The Morgan fingerprint density at radius 1 is 1.06 bits per heavy atom. The summed E-state index contributed by atoms with van der Waals surface area (Å²) in [5.74, 6) is -1.82. The Hall–Kier alpha value is -3.65. The van der Waals surface area contributed by atoms with Gasteiger partial charge >= 0.3 is 0 Å². The zero-order chi connectivity index (χ0) is 22.0. The van der Waals surface area contributed by atoms with Gasteiger partial charge in [-0.25, -0.2) is 13.8 Å². The van der Waals surface area contributed by atoms with Crippen molar-refractivity contribution in [3.05, 3.63) is 83.8 Å². The van der Waals surface area contributed by atoms with Crippen molar-refractivity contribution in [3.63, 3.8) is 0 Å². The molecule has 2 heterocycles. The van der Waals surface area contributed by atoms with E-state index in [1.54, 1.807) is 10.6 Å². The summed E-state index contributed by atoms with van der Waals surface area (Å²) in [7, 11) is 4.01. The van der Waals surface area contributed by atoms with Crippen molar-refractivity contribution in [2.24, 2.45) is 0 Å². The van der Waals surface area contributed by atoms with E-state index < -0.39 is 11.6 Å². The number of hydrogen-bond donors (Lipinski definition) is 1. The van der Waals surface area contributed by atoms with Crippen LogP contribution in [0.4, 0.5) is 14.6 Å². The molecule has 4 aromatic rings. The summed E-state index contributed by atoms with van der Waals surface area (Å²) >= 11 is 0. The molecule has 31 heavy (non-hydrogen) atoms. The minimum atomic E-state index is -0.979.